The lowest BCUT2D eigenvalue weighted by molar-refractivity contribution is 0.252. The Morgan fingerprint density at radius 3 is 2.92 bits per heavy atom. The van der Waals surface area contributed by atoms with E-state index >= 15 is 0 Å². The molecule has 0 saturated heterocycles. The summed E-state index contributed by atoms with van der Waals surface area (Å²) < 4.78 is 1.65. The predicted molar refractivity (Wildman–Crippen MR) is 92.0 cm³/mol. The van der Waals surface area contributed by atoms with Gasteiger partial charge < -0.3 is 10.6 Å². The maximum Gasteiger partial charge on any atom is 0.319 e. The Morgan fingerprint density at radius 2 is 2.08 bits per heavy atom. The van der Waals surface area contributed by atoms with E-state index in [0.29, 0.717) is 12.3 Å². The maximum atomic E-state index is 11.9. The molecule has 0 saturated carbocycles. The molecule has 7 nitrogen and oxygen atoms in total. The predicted octanol–water partition coefficient (Wildman–Crippen LogP) is 2.50. The monoisotopic (exact) mass is 324 g/mol. The molecule has 0 bridgehead atoms. The number of benzene rings is 1. The van der Waals surface area contributed by atoms with E-state index in [2.05, 4.69) is 25.7 Å². The van der Waals surface area contributed by atoms with Gasteiger partial charge in [0.2, 0.25) is 0 Å². The Labute approximate surface area is 140 Å². The van der Waals surface area contributed by atoms with Gasteiger partial charge >= 0.3 is 6.03 Å². The fourth-order valence-corrected chi connectivity index (χ4v) is 2.38. The summed E-state index contributed by atoms with van der Waals surface area (Å²) >= 11 is 0. The third kappa shape index (κ3) is 3.87. The zero-order valence-electron chi connectivity index (χ0n) is 13.8. The lowest BCUT2D eigenvalue weighted by Gasteiger charge is -2.09. The molecule has 0 atom stereocenters. The molecule has 3 rings (SSSR count). The molecule has 24 heavy (non-hydrogen) atoms. The molecule has 0 radical (unpaired) electrons. The zero-order chi connectivity index (χ0) is 16.9. The van der Waals surface area contributed by atoms with Gasteiger partial charge in [0.15, 0.2) is 0 Å². The fourth-order valence-electron chi connectivity index (χ4n) is 2.38. The number of fused-ring (bicyclic) bond motifs is 1. The number of aromatic nitrogens is 4. The summed E-state index contributed by atoms with van der Waals surface area (Å²) in [6, 6.07) is 5.68. The van der Waals surface area contributed by atoms with Crippen molar-refractivity contribution in [1.29, 1.82) is 0 Å². The smallest absolute Gasteiger partial charge is 0.319 e. The van der Waals surface area contributed by atoms with Crippen LogP contribution < -0.4 is 10.6 Å². The van der Waals surface area contributed by atoms with Crippen LogP contribution in [0.15, 0.2) is 36.9 Å². The zero-order valence-corrected chi connectivity index (χ0v) is 13.8. The summed E-state index contributed by atoms with van der Waals surface area (Å²) in [6.07, 6.45) is 6.81. The van der Waals surface area contributed by atoms with E-state index in [-0.39, 0.29) is 6.03 Å². The van der Waals surface area contributed by atoms with Gasteiger partial charge in [-0.05, 0) is 55.5 Å². The first-order chi connectivity index (χ1) is 11.6. The number of nitrogens with one attached hydrogen (secondary N) is 2. The van der Waals surface area contributed by atoms with Gasteiger partial charge in [0.1, 0.15) is 6.33 Å². The first kappa shape index (κ1) is 15.9. The van der Waals surface area contributed by atoms with Crippen LogP contribution in [0, 0.1) is 13.8 Å². The molecule has 0 fully saturated rings. The highest BCUT2D eigenvalue weighted by molar-refractivity contribution is 5.89. The number of urea groups is 1. The van der Waals surface area contributed by atoms with E-state index in [1.165, 1.54) is 11.9 Å². The summed E-state index contributed by atoms with van der Waals surface area (Å²) in [5, 5.41) is 9.77. The van der Waals surface area contributed by atoms with Crippen molar-refractivity contribution in [2.75, 3.05) is 11.9 Å². The molecule has 0 aliphatic heterocycles. The summed E-state index contributed by atoms with van der Waals surface area (Å²) in [7, 11) is 0. The maximum absolute atomic E-state index is 11.9. The number of hydrogen-bond acceptors (Lipinski definition) is 4. The molecular formula is C17H20N6O. The number of hydrogen-bond donors (Lipinski definition) is 2. The van der Waals surface area contributed by atoms with Crippen LogP contribution in [0.25, 0.3) is 5.78 Å². The molecule has 0 unspecified atom stereocenters. The minimum absolute atomic E-state index is 0.192. The van der Waals surface area contributed by atoms with Crippen LogP contribution in [-0.4, -0.2) is 32.2 Å². The highest BCUT2D eigenvalue weighted by atomic mass is 16.2. The van der Waals surface area contributed by atoms with Gasteiger partial charge in [-0.25, -0.2) is 14.3 Å². The lowest BCUT2D eigenvalue weighted by atomic mass is 10.1. The van der Waals surface area contributed by atoms with Crippen molar-refractivity contribution in [2.24, 2.45) is 0 Å². The lowest BCUT2D eigenvalue weighted by Crippen LogP contribution is -2.29. The van der Waals surface area contributed by atoms with Crippen LogP contribution in [0.5, 0.6) is 0 Å². The number of rotatable bonds is 5. The number of nitrogens with zero attached hydrogens (tertiary/aromatic N) is 4. The molecule has 7 heteroatoms. The number of anilines is 1. The number of aryl methyl sites for hydroxylation is 3. The topological polar surface area (TPSA) is 84.2 Å². The first-order valence-corrected chi connectivity index (χ1v) is 7.88. The molecule has 0 spiro atoms. The van der Waals surface area contributed by atoms with Crippen molar-refractivity contribution in [3.05, 3.63) is 53.6 Å². The van der Waals surface area contributed by atoms with E-state index in [9.17, 15) is 4.79 Å². The molecular weight excluding hydrogens is 304 g/mol. The van der Waals surface area contributed by atoms with Crippen LogP contribution in [0.3, 0.4) is 0 Å². The normalized spacial score (nSPS) is 10.8. The second-order valence-electron chi connectivity index (χ2n) is 5.75. The number of carbonyl (C=O) groups is 1. The van der Waals surface area contributed by atoms with Crippen LogP contribution in [0.2, 0.25) is 0 Å². The molecule has 3 aromatic rings. The van der Waals surface area contributed by atoms with E-state index < -0.39 is 0 Å². The Bertz CT molecular complexity index is 857. The summed E-state index contributed by atoms with van der Waals surface area (Å²) in [5.41, 5.74) is 4.23. The molecule has 1 aromatic carbocycles. The Hall–Kier alpha value is -2.96. The second-order valence-corrected chi connectivity index (χ2v) is 5.75. The Kier molecular flexibility index (Phi) is 4.69. The highest BCUT2D eigenvalue weighted by Crippen LogP contribution is 2.13. The Balaban J connectivity index is 1.43. The van der Waals surface area contributed by atoms with Crippen LogP contribution >= 0.6 is 0 Å². The van der Waals surface area contributed by atoms with Crippen molar-refractivity contribution < 1.29 is 4.79 Å². The minimum atomic E-state index is -0.192. The van der Waals surface area contributed by atoms with Crippen molar-refractivity contribution >= 4 is 17.5 Å². The highest BCUT2D eigenvalue weighted by Gasteiger charge is 2.03. The average Bonchev–Trinajstić information content (AvgIpc) is 3.03. The number of carbonyl (C=O) groups excluding carboxylic acids is 1. The quantitative estimate of drug-likeness (QED) is 0.706. The van der Waals surface area contributed by atoms with Gasteiger partial charge in [-0.15, -0.1) is 0 Å². The summed E-state index contributed by atoms with van der Waals surface area (Å²) in [6.45, 7) is 4.66. The molecule has 2 aromatic heterocycles. The molecule has 124 valence electrons. The van der Waals surface area contributed by atoms with Crippen LogP contribution in [0.4, 0.5) is 10.5 Å². The molecule has 0 aliphatic rings. The summed E-state index contributed by atoms with van der Waals surface area (Å²) in [4.78, 5) is 20.1. The molecule has 2 heterocycles. The van der Waals surface area contributed by atoms with E-state index in [1.807, 2.05) is 38.2 Å². The van der Waals surface area contributed by atoms with E-state index in [0.717, 1.165) is 29.7 Å². The van der Waals surface area contributed by atoms with Crippen molar-refractivity contribution in [3.63, 3.8) is 0 Å². The Morgan fingerprint density at radius 1 is 1.21 bits per heavy atom. The summed E-state index contributed by atoms with van der Waals surface area (Å²) in [5.74, 6) is 0.588. The minimum Gasteiger partial charge on any atom is -0.338 e. The van der Waals surface area contributed by atoms with Gasteiger partial charge in [-0.1, -0.05) is 6.07 Å². The second kappa shape index (κ2) is 7.08. The van der Waals surface area contributed by atoms with E-state index in [1.54, 1.807) is 10.7 Å². The standard InChI is InChI=1S/C17H20N6O/c1-12-5-6-15(8-13(12)2)22-17(24)18-7-3-4-14-9-19-16-20-11-21-23(16)10-14/h5-6,8-11H,3-4,7H2,1-2H3,(H2,18,22,24). The fraction of sp³-hybridized carbons (Fsp3) is 0.294. The molecule has 0 aliphatic carbocycles. The van der Waals surface area contributed by atoms with Gasteiger partial charge in [-0.3, -0.25) is 0 Å². The van der Waals surface area contributed by atoms with E-state index in [4.69, 9.17) is 0 Å². The van der Waals surface area contributed by atoms with Gasteiger partial charge in [-0.2, -0.15) is 10.1 Å². The third-order valence-electron chi connectivity index (χ3n) is 3.88. The first-order valence-electron chi connectivity index (χ1n) is 7.88. The number of amides is 2. The van der Waals surface area contributed by atoms with Crippen molar-refractivity contribution in [2.45, 2.75) is 26.7 Å². The molecule has 2 amide bonds. The SMILES string of the molecule is Cc1ccc(NC(=O)NCCCc2cnc3ncnn3c2)cc1C. The average molecular weight is 324 g/mol. The largest absolute Gasteiger partial charge is 0.338 e. The van der Waals surface area contributed by atoms with Crippen LogP contribution in [-0.2, 0) is 6.42 Å². The van der Waals surface area contributed by atoms with Gasteiger partial charge in [0, 0.05) is 24.6 Å². The van der Waals surface area contributed by atoms with Crippen molar-refractivity contribution in [1.82, 2.24) is 24.9 Å². The van der Waals surface area contributed by atoms with Crippen molar-refractivity contribution in [3.8, 4) is 0 Å². The van der Waals surface area contributed by atoms with Gasteiger partial charge in [0.05, 0.1) is 0 Å². The van der Waals surface area contributed by atoms with Gasteiger partial charge in [0.25, 0.3) is 5.78 Å². The molecule has 2 N–H and O–H groups in total. The third-order valence-corrected chi connectivity index (χ3v) is 3.88. The van der Waals surface area contributed by atoms with Crippen LogP contribution in [0.1, 0.15) is 23.1 Å².